The fourth-order valence-electron chi connectivity index (χ4n) is 1.75. The van der Waals surface area contributed by atoms with E-state index in [4.69, 9.17) is 11.6 Å². The van der Waals surface area contributed by atoms with Gasteiger partial charge in [-0.1, -0.05) is 73.1 Å². The Labute approximate surface area is 136 Å². The second-order valence-corrected chi connectivity index (χ2v) is 5.40. The van der Waals surface area contributed by atoms with E-state index in [1.807, 2.05) is 25.2 Å². The van der Waals surface area contributed by atoms with Gasteiger partial charge in [-0.25, -0.2) is 0 Å². The molecule has 0 unspecified atom stereocenters. The third kappa shape index (κ3) is 7.34. The maximum absolute atomic E-state index is 6.30. The predicted molar refractivity (Wildman–Crippen MR) is 98.7 cm³/mol. The summed E-state index contributed by atoms with van der Waals surface area (Å²) >= 11 is 6.30. The van der Waals surface area contributed by atoms with Gasteiger partial charge < -0.3 is 0 Å². The summed E-state index contributed by atoms with van der Waals surface area (Å²) in [6.07, 6.45) is 16.6. The molecule has 0 aromatic rings. The van der Waals surface area contributed by atoms with Gasteiger partial charge in [-0.05, 0) is 57.8 Å². The van der Waals surface area contributed by atoms with Gasteiger partial charge in [0.05, 0.1) is 0 Å². The van der Waals surface area contributed by atoms with E-state index < -0.39 is 0 Å². The molecule has 0 aromatic carbocycles. The molecule has 0 aromatic heterocycles. The van der Waals surface area contributed by atoms with Crippen molar-refractivity contribution in [1.82, 2.24) is 0 Å². The molecule has 0 spiro atoms. The standard InChI is InChI=1S/C20H29Cl/c1-7-11-12-13-19(16(5)8-2)18(10-4)14-15-20(21)17(6)9-3/h7,10-15H,8-9H2,1-6H3/b11-7-,13-12-,15-14-,18-10?,19-16+,20-17+. The normalized spacial score (nSPS) is 16.0. The van der Waals surface area contributed by atoms with Crippen LogP contribution in [0.4, 0.5) is 0 Å². The third-order valence-corrected chi connectivity index (χ3v) is 3.97. The van der Waals surface area contributed by atoms with E-state index in [9.17, 15) is 0 Å². The SMILES string of the molecule is CC=C(/C=C\C(Cl)=C(\C)CC)C(/C=C\C=C/C)=C(\C)CC. The average molecular weight is 305 g/mol. The molecule has 0 nitrogen and oxygen atoms in total. The first-order valence-electron chi connectivity index (χ1n) is 7.70. The van der Waals surface area contributed by atoms with Crippen molar-refractivity contribution in [2.75, 3.05) is 0 Å². The van der Waals surface area contributed by atoms with Crippen molar-refractivity contribution in [3.05, 3.63) is 69.9 Å². The number of hydrogen-bond acceptors (Lipinski definition) is 0. The van der Waals surface area contributed by atoms with Gasteiger partial charge in [-0.2, -0.15) is 0 Å². The van der Waals surface area contributed by atoms with Gasteiger partial charge >= 0.3 is 0 Å². The first-order chi connectivity index (χ1) is 10.0. The van der Waals surface area contributed by atoms with E-state index in [2.05, 4.69) is 58.9 Å². The van der Waals surface area contributed by atoms with Crippen LogP contribution in [-0.2, 0) is 0 Å². The molecule has 0 rings (SSSR count). The minimum absolute atomic E-state index is 0.836. The molecule has 0 radical (unpaired) electrons. The van der Waals surface area contributed by atoms with E-state index in [0.717, 1.165) is 17.9 Å². The Morgan fingerprint density at radius 3 is 1.95 bits per heavy atom. The van der Waals surface area contributed by atoms with Gasteiger partial charge in [0.1, 0.15) is 0 Å². The fraction of sp³-hybridized carbons (Fsp3) is 0.400. The topological polar surface area (TPSA) is 0 Å². The minimum Gasteiger partial charge on any atom is -0.0877 e. The lowest BCUT2D eigenvalue weighted by Crippen LogP contribution is -1.89. The van der Waals surface area contributed by atoms with Gasteiger partial charge in [0.2, 0.25) is 0 Å². The Morgan fingerprint density at radius 1 is 0.857 bits per heavy atom. The van der Waals surface area contributed by atoms with Crippen LogP contribution in [0.25, 0.3) is 0 Å². The van der Waals surface area contributed by atoms with Crippen molar-refractivity contribution in [2.45, 2.75) is 54.4 Å². The molecule has 0 N–H and O–H groups in total. The van der Waals surface area contributed by atoms with Gasteiger partial charge in [-0.15, -0.1) is 0 Å². The molecule has 21 heavy (non-hydrogen) atoms. The monoisotopic (exact) mass is 304 g/mol. The second kappa shape index (κ2) is 11.4. The zero-order chi connectivity index (χ0) is 16.3. The molecule has 0 saturated carbocycles. The maximum Gasteiger partial charge on any atom is 0.0395 e. The first kappa shape index (κ1) is 19.7. The Bertz CT molecular complexity index is 494. The van der Waals surface area contributed by atoms with Crippen LogP contribution in [0, 0.1) is 0 Å². The molecule has 1 heteroatoms. The Kier molecular flexibility index (Phi) is 10.7. The van der Waals surface area contributed by atoms with Crippen molar-refractivity contribution >= 4 is 11.6 Å². The number of rotatable bonds is 7. The molecule has 0 atom stereocenters. The van der Waals surface area contributed by atoms with Gasteiger partial charge in [0.15, 0.2) is 0 Å². The van der Waals surface area contributed by atoms with Crippen LogP contribution < -0.4 is 0 Å². The highest BCUT2D eigenvalue weighted by atomic mass is 35.5. The van der Waals surface area contributed by atoms with Crippen LogP contribution in [0.5, 0.6) is 0 Å². The van der Waals surface area contributed by atoms with Crippen LogP contribution in [0.15, 0.2) is 69.9 Å². The lowest BCUT2D eigenvalue weighted by molar-refractivity contribution is 1.08. The molecule has 116 valence electrons. The zero-order valence-electron chi connectivity index (χ0n) is 14.3. The van der Waals surface area contributed by atoms with Crippen LogP contribution in [0.2, 0.25) is 0 Å². The van der Waals surface area contributed by atoms with E-state index in [0.29, 0.717) is 0 Å². The highest BCUT2D eigenvalue weighted by molar-refractivity contribution is 6.31. The molecule has 0 amide bonds. The third-order valence-electron chi connectivity index (χ3n) is 3.53. The predicted octanol–water partition coefficient (Wildman–Crippen LogP) is 7.27. The molecule has 0 aliphatic heterocycles. The molecule has 0 bridgehead atoms. The number of hydrogen-bond donors (Lipinski definition) is 0. The largest absolute Gasteiger partial charge is 0.0877 e. The molecule has 0 saturated heterocycles. The second-order valence-electron chi connectivity index (χ2n) is 4.99. The van der Waals surface area contributed by atoms with Gasteiger partial charge in [0, 0.05) is 5.03 Å². The number of halogens is 1. The molecular weight excluding hydrogens is 276 g/mol. The summed E-state index contributed by atoms with van der Waals surface area (Å²) in [7, 11) is 0. The van der Waals surface area contributed by atoms with Crippen LogP contribution in [-0.4, -0.2) is 0 Å². The summed E-state index contributed by atoms with van der Waals surface area (Å²) in [6, 6.07) is 0. The lowest BCUT2D eigenvalue weighted by atomic mass is 9.97. The van der Waals surface area contributed by atoms with Crippen LogP contribution >= 0.6 is 11.6 Å². The summed E-state index contributed by atoms with van der Waals surface area (Å²) in [5, 5.41) is 0.836. The van der Waals surface area contributed by atoms with Crippen LogP contribution in [0.3, 0.4) is 0 Å². The van der Waals surface area contributed by atoms with E-state index in [-0.39, 0.29) is 0 Å². The van der Waals surface area contributed by atoms with Crippen molar-refractivity contribution in [3.63, 3.8) is 0 Å². The Hall–Kier alpha value is -1.27. The summed E-state index contributed by atoms with van der Waals surface area (Å²) in [4.78, 5) is 0. The fourth-order valence-corrected chi connectivity index (χ4v) is 1.95. The number of allylic oxidation sites excluding steroid dienone is 12. The minimum atomic E-state index is 0.836. The molecule has 0 heterocycles. The quantitative estimate of drug-likeness (QED) is 0.434. The van der Waals surface area contributed by atoms with E-state index in [1.54, 1.807) is 0 Å². The molecular formula is C20H29Cl. The Morgan fingerprint density at radius 2 is 1.48 bits per heavy atom. The van der Waals surface area contributed by atoms with Crippen LogP contribution in [0.1, 0.15) is 54.4 Å². The van der Waals surface area contributed by atoms with Crippen molar-refractivity contribution in [2.24, 2.45) is 0 Å². The van der Waals surface area contributed by atoms with Gasteiger partial charge in [0.25, 0.3) is 0 Å². The zero-order valence-corrected chi connectivity index (χ0v) is 15.1. The summed E-state index contributed by atoms with van der Waals surface area (Å²) < 4.78 is 0. The van der Waals surface area contributed by atoms with Crippen molar-refractivity contribution < 1.29 is 0 Å². The maximum atomic E-state index is 6.30. The summed E-state index contributed by atoms with van der Waals surface area (Å²) in [5.74, 6) is 0. The highest BCUT2D eigenvalue weighted by Crippen LogP contribution is 2.22. The van der Waals surface area contributed by atoms with Crippen molar-refractivity contribution in [1.29, 1.82) is 0 Å². The lowest BCUT2D eigenvalue weighted by Gasteiger charge is -2.08. The summed E-state index contributed by atoms with van der Waals surface area (Å²) in [5.41, 5.74) is 5.07. The molecule has 0 aliphatic rings. The Balaban J connectivity index is 5.53. The molecule has 0 aliphatic carbocycles. The first-order valence-corrected chi connectivity index (χ1v) is 8.08. The smallest absolute Gasteiger partial charge is 0.0395 e. The average Bonchev–Trinajstić information content (AvgIpc) is 2.51. The molecule has 0 fully saturated rings. The van der Waals surface area contributed by atoms with E-state index in [1.165, 1.54) is 22.3 Å². The van der Waals surface area contributed by atoms with Crippen molar-refractivity contribution in [3.8, 4) is 0 Å². The van der Waals surface area contributed by atoms with Gasteiger partial charge in [-0.3, -0.25) is 0 Å². The highest BCUT2D eigenvalue weighted by Gasteiger charge is 2.02. The van der Waals surface area contributed by atoms with E-state index >= 15 is 0 Å². The summed E-state index contributed by atoms with van der Waals surface area (Å²) in [6.45, 7) is 12.6.